The van der Waals surface area contributed by atoms with E-state index in [9.17, 15) is 14.4 Å². The van der Waals surface area contributed by atoms with Crippen LogP contribution < -0.4 is 10.9 Å². The molecular weight excluding hydrogens is 420 g/mol. The van der Waals surface area contributed by atoms with E-state index in [4.69, 9.17) is 4.74 Å². The van der Waals surface area contributed by atoms with Gasteiger partial charge in [0.1, 0.15) is 17.5 Å². The van der Waals surface area contributed by atoms with E-state index in [0.29, 0.717) is 22.2 Å². The smallest absolute Gasteiger partial charge is 0.419 e. The van der Waals surface area contributed by atoms with Gasteiger partial charge in [0.05, 0.1) is 23.0 Å². The number of nitrogens with one attached hydrogen (secondary N) is 1. The number of fused-ring (bicyclic) bond motifs is 3. The van der Waals surface area contributed by atoms with Gasteiger partial charge >= 0.3 is 6.09 Å². The highest BCUT2D eigenvalue weighted by Crippen LogP contribution is 2.28. The van der Waals surface area contributed by atoms with Crippen LogP contribution in [-0.2, 0) is 22.5 Å². The highest BCUT2D eigenvalue weighted by atomic mass is 16.6. The van der Waals surface area contributed by atoms with E-state index in [2.05, 4.69) is 10.3 Å². The van der Waals surface area contributed by atoms with Crippen molar-refractivity contribution >= 4 is 33.8 Å². The van der Waals surface area contributed by atoms with Gasteiger partial charge in [-0.15, -0.1) is 0 Å². The van der Waals surface area contributed by atoms with Gasteiger partial charge in [0.15, 0.2) is 0 Å². The summed E-state index contributed by atoms with van der Waals surface area (Å²) in [6.45, 7) is 5.62. The number of hydrogen-bond donors (Lipinski definition) is 1. The first-order valence-corrected chi connectivity index (χ1v) is 10.8. The van der Waals surface area contributed by atoms with Gasteiger partial charge < -0.3 is 10.1 Å². The topological polar surface area (TPSA) is 95.2 Å². The summed E-state index contributed by atoms with van der Waals surface area (Å²) in [5.41, 5.74) is 1.16. The van der Waals surface area contributed by atoms with Crippen LogP contribution in [-0.4, -0.2) is 31.7 Å². The van der Waals surface area contributed by atoms with Gasteiger partial charge in [-0.3, -0.25) is 18.7 Å². The van der Waals surface area contributed by atoms with E-state index < -0.39 is 17.7 Å². The van der Waals surface area contributed by atoms with E-state index in [1.54, 1.807) is 24.4 Å². The van der Waals surface area contributed by atoms with Crippen molar-refractivity contribution in [1.29, 1.82) is 0 Å². The Balaban J connectivity index is 1.61. The molecule has 2 aromatic heterocycles. The van der Waals surface area contributed by atoms with Crippen molar-refractivity contribution in [2.24, 2.45) is 0 Å². The average Bonchev–Trinajstić information content (AvgIpc) is 3.14. The number of rotatable bonds is 2. The lowest BCUT2D eigenvalue weighted by Crippen LogP contribution is -2.45. The first kappa shape index (κ1) is 20.9. The van der Waals surface area contributed by atoms with Crippen LogP contribution in [0.15, 0.2) is 59.5 Å². The lowest BCUT2D eigenvalue weighted by atomic mass is 10.0. The van der Waals surface area contributed by atoms with Gasteiger partial charge in [-0.25, -0.2) is 9.78 Å². The molecule has 1 aliphatic rings. The number of benzene rings is 2. The summed E-state index contributed by atoms with van der Waals surface area (Å²) in [6, 6.07) is 13.8. The Bertz CT molecular complexity index is 1480. The maximum Gasteiger partial charge on any atom is 0.419 e. The van der Waals surface area contributed by atoms with Crippen molar-refractivity contribution in [3.8, 4) is 0 Å². The van der Waals surface area contributed by atoms with Crippen LogP contribution in [0.2, 0.25) is 0 Å². The minimum Gasteiger partial charge on any atom is -0.443 e. The summed E-state index contributed by atoms with van der Waals surface area (Å²) < 4.78 is 8.50. The van der Waals surface area contributed by atoms with Crippen LogP contribution in [0.3, 0.4) is 0 Å². The van der Waals surface area contributed by atoms with Gasteiger partial charge in [-0.05, 0) is 44.5 Å². The second-order valence-corrected chi connectivity index (χ2v) is 9.18. The van der Waals surface area contributed by atoms with E-state index >= 15 is 0 Å². The molecule has 0 bridgehead atoms. The fourth-order valence-electron chi connectivity index (χ4n) is 4.31. The number of hydrogen-bond acceptors (Lipinski definition) is 5. The van der Waals surface area contributed by atoms with E-state index in [-0.39, 0.29) is 24.4 Å². The normalized spacial score (nSPS) is 16.0. The maximum atomic E-state index is 13.3. The van der Waals surface area contributed by atoms with E-state index in [0.717, 1.165) is 10.9 Å². The molecule has 5 rings (SSSR count). The molecule has 168 valence electrons. The van der Waals surface area contributed by atoms with Gasteiger partial charge in [0.25, 0.3) is 5.56 Å². The third-order valence-corrected chi connectivity index (χ3v) is 5.71. The van der Waals surface area contributed by atoms with Crippen LogP contribution in [0, 0.1) is 0 Å². The Hall–Kier alpha value is -3.94. The zero-order valence-electron chi connectivity index (χ0n) is 18.7. The SMILES string of the molecule is CC(C)(C)OC(=O)n1cc(C[C@H]2C(=O)NCc3nc4ccccc4c(=O)n32)c2ccccc21. The van der Waals surface area contributed by atoms with E-state index in [1.165, 1.54) is 9.13 Å². The van der Waals surface area contributed by atoms with Crippen molar-refractivity contribution in [1.82, 2.24) is 19.4 Å². The van der Waals surface area contributed by atoms with Crippen LogP contribution in [0.5, 0.6) is 0 Å². The van der Waals surface area contributed by atoms with Gasteiger partial charge in [-0.2, -0.15) is 0 Å². The van der Waals surface area contributed by atoms with Crippen molar-refractivity contribution in [3.05, 3.63) is 76.5 Å². The molecule has 0 radical (unpaired) electrons. The monoisotopic (exact) mass is 444 g/mol. The molecule has 0 spiro atoms. The number of para-hydroxylation sites is 2. The molecule has 1 N–H and O–H groups in total. The quantitative estimate of drug-likeness (QED) is 0.510. The van der Waals surface area contributed by atoms with Crippen molar-refractivity contribution < 1.29 is 14.3 Å². The lowest BCUT2D eigenvalue weighted by Gasteiger charge is -2.27. The molecule has 8 nitrogen and oxygen atoms in total. The molecule has 33 heavy (non-hydrogen) atoms. The highest BCUT2D eigenvalue weighted by Gasteiger charge is 2.31. The molecule has 0 saturated heterocycles. The molecule has 0 fully saturated rings. The minimum atomic E-state index is -0.781. The second-order valence-electron chi connectivity index (χ2n) is 9.18. The van der Waals surface area contributed by atoms with Crippen LogP contribution in [0.1, 0.15) is 38.2 Å². The van der Waals surface area contributed by atoms with Gasteiger partial charge in [0.2, 0.25) is 5.91 Å². The molecule has 1 amide bonds. The number of nitrogens with zero attached hydrogens (tertiary/aromatic N) is 3. The molecule has 1 atom stereocenters. The second kappa shape index (κ2) is 7.58. The molecule has 3 heterocycles. The zero-order valence-corrected chi connectivity index (χ0v) is 18.7. The van der Waals surface area contributed by atoms with E-state index in [1.807, 2.05) is 51.1 Å². The first-order valence-electron chi connectivity index (χ1n) is 10.8. The summed E-state index contributed by atoms with van der Waals surface area (Å²) in [5, 5.41) is 4.14. The fourth-order valence-corrected chi connectivity index (χ4v) is 4.31. The largest absolute Gasteiger partial charge is 0.443 e. The molecule has 0 saturated carbocycles. The zero-order chi connectivity index (χ0) is 23.3. The molecule has 8 heteroatoms. The van der Waals surface area contributed by atoms with Gasteiger partial charge in [0, 0.05) is 18.0 Å². The van der Waals surface area contributed by atoms with Crippen molar-refractivity contribution in [2.75, 3.05) is 0 Å². The minimum absolute atomic E-state index is 0.190. The fraction of sp³-hybridized carbons (Fsp3) is 0.280. The molecular formula is C25H24N4O4. The standard InChI is InChI=1S/C25H24N4O4/c1-25(2,3)33-24(32)28-14-15(16-8-5-7-11-19(16)28)12-20-22(30)26-13-21-27-18-10-6-4-9-17(18)23(31)29(20)21/h4-11,14,20H,12-13H2,1-3H3,(H,26,30)/t20-/m0/s1. The van der Waals surface area contributed by atoms with Crippen LogP contribution in [0.4, 0.5) is 4.79 Å². The Kier molecular flexibility index (Phi) is 4.81. The van der Waals surface area contributed by atoms with Crippen LogP contribution in [0.25, 0.3) is 21.8 Å². The molecule has 1 aliphatic heterocycles. The molecule has 4 aromatic rings. The molecule has 0 aliphatic carbocycles. The maximum absolute atomic E-state index is 13.3. The Labute approximate surface area is 189 Å². The van der Waals surface area contributed by atoms with Crippen molar-refractivity contribution in [3.63, 3.8) is 0 Å². The van der Waals surface area contributed by atoms with Gasteiger partial charge in [-0.1, -0.05) is 30.3 Å². The summed E-state index contributed by atoms with van der Waals surface area (Å²) in [6.07, 6.45) is 1.43. The Morgan fingerprint density at radius 1 is 1.09 bits per heavy atom. The third kappa shape index (κ3) is 3.67. The van der Waals surface area contributed by atoms with Crippen LogP contribution >= 0.6 is 0 Å². The summed E-state index contributed by atoms with van der Waals surface area (Å²) in [4.78, 5) is 43.7. The Morgan fingerprint density at radius 2 is 1.79 bits per heavy atom. The number of aromatic nitrogens is 3. The summed E-state index contributed by atoms with van der Waals surface area (Å²) in [7, 11) is 0. The predicted octanol–water partition coefficient (Wildman–Crippen LogP) is 3.55. The summed E-state index contributed by atoms with van der Waals surface area (Å²) >= 11 is 0. The summed E-state index contributed by atoms with van der Waals surface area (Å²) in [5.74, 6) is 0.259. The first-order chi connectivity index (χ1) is 15.7. The average molecular weight is 444 g/mol. The highest BCUT2D eigenvalue weighted by molar-refractivity contribution is 5.93. The number of carbonyl (C=O) groups excluding carboxylic acids is 2. The lowest BCUT2D eigenvalue weighted by molar-refractivity contribution is -0.125. The Morgan fingerprint density at radius 3 is 2.55 bits per heavy atom. The number of ether oxygens (including phenoxy) is 1. The van der Waals surface area contributed by atoms with Crippen molar-refractivity contribution in [2.45, 2.75) is 45.4 Å². The predicted molar refractivity (Wildman–Crippen MR) is 124 cm³/mol. The molecule has 2 aromatic carbocycles. The molecule has 0 unspecified atom stereocenters. The number of amides is 1. The third-order valence-electron chi connectivity index (χ3n) is 5.71. The number of carbonyl (C=O) groups is 2.